The average molecular weight is 366 g/mol. The molecule has 28 heavy (non-hydrogen) atoms. The van der Waals surface area contributed by atoms with Gasteiger partial charge in [-0.15, -0.1) is 0 Å². The lowest BCUT2D eigenvalue weighted by atomic mass is 9.98. The third-order valence-corrected chi connectivity index (χ3v) is 5.45. The van der Waals surface area contributed by atoms with Crippen molar-refractivity contribution in [2.75, 3.05) is 0 Å². The van der Waals surface area contributed by atoms with Crippen LogP contribution in [0.15, 0.2) is 77.5 Å². The van der Waals surface area contributed by atoms with Gasteiger partial charge in [0.05, 0.1) is 11.1 Å². The molecule has 0 fully saturated rings. The van der Waals surface area contributed by atoms with Crippen molar-refractivity contribution < 1.29 is 4.42 Å². The van der Waals surface area contributed by atoms with Gasteiger partial charge in [-0.2, -0.15) is 0 Å². The van der Waals surface area contributed by atoms with Crippen molar-refractivity contribution in [3.05, 3.63) is 84.2 Å². The molecule has 0 spiro atoms. The first-order valence-electron chi connectivity index (χ1n) is 9.87. The molecule has 5 rings (SSSR count). The highest BCUT2D eigenvalue weighted by atomic mass is 16.3. The zero-order valence-corrected chi connectivity index (χ0v) is 16.1. The SMILES string of the molecule is CCc1cc(CC)c2oc3ccccc3c2c1-n1ccnc1-c1ccccc1. The lowest BCUT2D eigenvalue weighted by Crippen LogP contribution is -2.03. The number of furan rings is 1. The van der Waals surface area contributed by atoms with Crippen molar-refractivity contribution >= 4 is 21.9 Å². The van der Waals surface area contributed by atoms with Crippen molar-refractivity contribution in [1.82, 2.24) is 9.55 Å². The summed E-state index contributed by atoms with van der Waals surface area (Å²) in [6.07, 6.45) is 5.83. The second-order valence-electron chi connectivity index (χ2n) is 7.04. The molecule has 0 aliphatic carbocycles. The first-order chi connectivity index (χ1) is 13.8. The van der Waals surface area contributed by atoms with Crippen LogP contribution in [0.3, 0.4) is 0 Å². The van der Waals surface area contributed by atoms with Gasteiger partial charge in [0.2, 0.25) is 0 Å². The van der Waals surface area contributed by atoms with Crippen LogP contribution in [0.4, 0.5) is 0 Å². The summed E-state index contributed by atoms with van der Waals surface area (Å²) in [4.78, 5) is 4.68. The van der Waals surface area contributed by atoms with Gasteiger partial charge < -0.3 is 4.42 Å². The number of imidazole rings is 1. The van der Waals surface area contributed by atoms with E-state index in [1.165, 1.54) is 22.2 Å². The van der Waals surface area contributed by atoms with Gasteiger partial charge in [0.15, 0.2) is 0 Å². The lowest BCUT2D eigenvalue weighted by molar-refractivity contribution is 0.663. The number of hydrogen-bond acceptors (Lipinski definition) is 2. The largest absolute Gasteiger partial charge is 0.456 e. The average Bonchev–Trinajstić information content (AvgIpc) is 3.38. The van der Waals surface area contributed by atoms with E-state index in [9.17, 15) is 0 Å². The Morgan fingerprint density at radius 2 is 1.64 bits per heavy atom. The van der Waals surface area contributed by atoms with Gasteiger partial charge in [0.1, 0.15) is 17.0 Å². The van der Waals surface area contributed by atoms with E-state index in [2.05, 4.69) is 78.1 Å². The Morgan fingerprint density at radius 1 is 0.893 bits per heavy atom. The molecule has 3 aromatic carbocycles. The van der Waals surface area contributed by atoms with E-state index < -0.39 is 0 Å². The van der Waals surface area contributed by atoms with Crippen LogP contribution in [-0.4, -0.2) is 9.55 Å². The maximum Gasteiger partial charge on any atom is 0.144 e. The van der Waals surface area contributed by atoms with Gasteiger partial charge in [-0.25, -0.2) is 4.98 Å². The van der Waals surface area contributed by atoms with Gasteiger partial charge in [-0.3, -0.25) is 4.57 Å². The summed E-state index contributed by atoms with van der Waals surface area (Å²) in [5.74, 6) is 0.950. The summed E-state index contributed by atoms with van der Waals surface area (Å²) < 4.78 is 8.54. The van der Waals surface area contributed by atoms with E-state index in [1.54, 1.807) is 0 Å². The Hall–Kier alpha value is -3.33. The third kappa shape index (κ3) is 2.47. The highest BCUT2D eigenvalue weighted by molar-refractivity contribution is 6.11. The number of aromatic nitrogens is 2. The molecule has 0 bridgehead atoms. The molecule has 3 nitrogen and oxygen atoms in total. The highest BCUT2D eigenvalue weighted by Gasteiger charge is 2.20. The maximum atomic E-state index is 6.32. The Morgan fingerprint density at radius 3 is 2.43 bits per heavy atom. The van der Waals surface area contributed by atoms with Crippen LogP contribution in [0.5, 0.6) is 0 Å². The van der Waals surface area contributed by atoms with Crippen LogP contribution >= 0.6 is 0 Å². The Kier molecular flexibility index (Phi) is 4.01. The Balaban J connectivity index is 1.92. The van der Waals surface area contributed by atoms with Crippen LogP contribution in [-0.2, 0) is 12.8 Å². The third-order valence-electron chi connectivity index (χ3n) is 5.45. The quantitative estimate of drug-likeness (QED) is 0.360. The second-order valence-corrected chi connectivity index (χ2v) is 7.04. The highest BCUT2D eigenvalue weighted by Crippen LogP contribution is 2.39. The van der Waals surface area contributed by atoms with Crippen LogP contribution in [0.1, 0.15) is 25.0 Å². The standard InChI is InChI=1S/C25H22N2O/c1-3-17-16-18(4-2)24-22(20-12-8-9-13-21(20)28-24)23(17)27-15-14-26-25(27)19-10-6-5-7-11-19/h5-16H,3-4H2,1-2H3. The molecule has 0 unspecified atom stereocenters. The van der Waals surface area contributed by atoms with E-state index in [0.29, 0.717) is 0 Å². The molecule has 0 saturated heterocycles. The monoisotopic (exact) mass is 366 g/mol. The Labute approximate surface area is 164 Å². The minimum atomic E-state index is 0.933. The fourth-order valence-corrected chi connectivity index (χ4v) is 4.10. The van der Waals surface area contributed by atoms with Crippen molar-refractivity contribution in [2.24, 2.45) is 0 Å². The van der Waals surface area contributed by atoms with E-state index in [0.717, 1.165) is 40.8 Å². The molecular weight excluding hydrogens is 344 g/mol. The number of benzene rings is 3. The number of aryl methyl sites for hydroxylation is 2. The molecule has 5 aromatic rings. The van der Waals surface area contributed by atoms with E-state index >= 15 is 0 Å². The van der Waals surface area contributed by atoms with Crippen molar-refractivity contribution in [3.63, 3.8) is 0 Å². The predicted molar refractivity (Wildman–Crippen MR) is 115 cm³/mol. The number of para-hydroxylation sites is 1. The topological polar surface area (TPSA) is 31.0 Å². The molecule has 0 amide bonds. The van der Waals surface area contributed by atoms with Gasteiger partial charge in [0, 0.05) is 23.3 Å². The maximum absolute atomic E-state index is 6.32. The fraction of sp³-hybridized carbons (Fsp3) is 0.160. The summed E-state index contributed by atoms with van der Waals surface area (Å²) in [5.41, 5.74) is 6.78. The summed E-state index contributed by atoms with van der Waals surface area (Å²) in [6.45, 7) is 4.40. The van der Waals surface area contributed by atoms with Crippen LogP contribution < -0.4 is 0 Å². The number of rotatable bonds is 4. The van der Waals surface area contributed by atoms with Gasteiger partial charge in [-0.05, 0) is 36.1 Å². The molecule has 0 aliphatic heterocycles. The number of nitrogens with zero attached hydrogens (tertiary/aromatic N) is 2. The minimum absolute atomic E-state index is 0.933. The summed E-state index contributed by atoms with van der Waals surface area (Å²) in [5, 5.41) is 2.34. The molecule has 0 radical (unpaired) electrons. The smallest absolute Gasteiger partial charge is 0.144 e. The fourth-order valence-electron chi connectivity index (χ4n) is 4.10. The molecule has 0 N–H and O–H groups in total. The van der Waals surface area contributed by atoms with Crippen molar-refractivity contribution in [2.45, 2.75) is 26.7 Å². The van der Waals surface area contributed by atoms with Crippen molar-refractivity contribution in [1.29, 1.82) is 0 Å². The number of fused-ring (bicyclic) bond motifs is 3. The van der Waals surface area contributed by atoms with Crippen LogP contribution in [0.25, 0.3) is 39.0 Å². The minimum Gasteiger partial charge on any atom is -0.456 e. The molecule has 0 aliphatic rings. The van der Waals surface area contributed by atoms with Crippen LogP contribution in [0, 0.1) is 0 Å². The molecule has 2 heterocycles. The molecular formula is C25H22N2O. The van der Waals surface area contributed by atoms with E-state index in [-0.39, 0.29) is 0 Å². The molecule has 2 aromatic heterocycles. The zero-order valence-electron chi connectivity index (χ0n) is 16.1. The first kappa shape index (κ1) is 16.8. The van der Waals surface area contributed by atoms with Gasteiger partial charge in [0.25, 0.3) is 0 Å². The zero-order chi connectivity index (χ0) is 19.1. The summed E-state index contributed by atoms with van der Waals surface area (Å²) in [7, 11) is 0. The first-order valence-corrected chi connectivity index (χ1v) is 9.87. The van der Waals surface area contributed by atoms with Crippen molar-refractivity contribution in [3.8, 4) is 17.1 Å². The molecule has 0 saturated carbocycles. The number of hydrogen-bond donors (Lipinski definition) is 0. The van der Waals surface area contributed by atoms with Gasteiger partial charge in [-0.1, -0.05) is 62.4 Å². The lowest BCUT2D eigenvalue weighted by Gasteiger charge is -2.16. The van der Waals surface area contributed by atoms with Gasteiger partial charge >= 0.3 is 0 Å². The molecule has 138 valence electrons. The summed E-state index contributed by atoms with van der Waals surface area (Å²) in [6, 6.07) is 21.0. The molecule has 3 heteroatoms. The van der Waals surface area contributed by atoms with Crippen LogP contribution in [0.2, 0.25) is 0 Å². The second kappa shape index (κ2) is 6.68. The predicted octanol–water partition coefficient (Wildman–Crippen LogP) is 6.56. The Bertz CT molecular complexity index is 1280. The normalized spacial score (nSPS) is 11.5. The summed E-state index contributed by atoms with van der Waals surface area (Å²) >= 11 is 0. The van der Waals surface area contributed by atoms with E-state index in [1.807, 2.05) is 18.3 Å². The molecule has 0 atom stereocenters. The van der Waals surface area contributed by atoms with E-state index in [4.69, 9.17) is 4.42 Å².